The van der Waals surface area contributed by atoms with Crippen molar-refractivity contribution < 1.29 is 9.53 Å². The second kappa shape index (κ2) is 8.49. The Morgan fingerprint density at radius 2 is 1.73 bits per heavy atom. The van der Waals surface area contributed by atoms with E-state index >= 15 is 0 Å². The Bertz CT molecular complexity index is 599. The summed E-state index contributed by atoms with van der Waals surface area (Å²) in [5.41, 5.74) is 2.42. The van der Waals surface area contributed by atoms with E-state index in [2.05, 4.69) is 18.2 Å². The summed E-state index contributed by atoms with van der Waals surface area (Å²) in [6.45, 7) is 0.524. The first-order valence-corrected chi connectivity index (χ1v) is 8.24. The smallest absolute Gasteiger partial charge is 0.281 e. The van der Waals surface area contributed by atoms with Crippen molar-refractivity contribution in [1.82, 2.24) is 4.90 Å². The van der Waals surface area contributed by atoms with Crippen molar-refractivity contribution in [1.29, 1.82) is 0 Å². The van der Waals surface area contributed by atoms with E-state index in [0.29, 0.717) is 12.4 Å². The predicted molar refractivity (Wildman–Crippen MR) is 92.7 cm³/mol. The molecule has 0 aromatic heterocycles. The van der Waals surface area contributed by atoms with Crippen LogP contribution in [0.25, 0.3) is 0 Å². The molecule has 1 amide bonds. The summed E-state index contributed by atoms with van der Waals surface area (Å²) >= 11 is 1.28. The van der Waals surface area contributed by atoms with E-state index < -0.39 is 0 Å². The molecule has 0 fully saturated rings. The zero-order chi connectivity index (χ0) is 15.8. The van der Waals surface area contributed by atoms with E-state index in [0.717, 1.165) is 17.7 Å². The molecule has 0 saturated carbocycles. The zero-order valence-electron chi connectivity index (χ0n) is 13.0. The Labute approximate surface area is 136 Å². The van der Waals surface area contributed by atoms with E-state index in [-0.39, 0.29) is 5.24 Å². The lowest BCUT2D eigenvalue weighted by Crippen LogP contribution is -2.17. The largest absolute Gasteiger partial charge is 0.492 e. The van der Waals surface area contributed by atoms with Gasteiger partial charge in [-0.2, -0.15) is 0 Å². The van der Waals surface area contributed by atoms with Crippen molar-refractivity contribution in [3.8, 4) is 5.75 Å². The lowest BCUT2D eigenvalue weighted by atomic mass is 10.0. The average Bonchev–Trinajstić information content (AvgIpc) is 2.53. The predicted octanol–water partition coefficient (Wildman–Crippen LogP) is 4.07. The number of benzene rings is 2. The molecule has 0 heterocycles. The van der Waals surface area contributed by atoms with Crippen molar-refractivity contribution >= 4 is 17.0 Å². The molecule has 3 nitrogen and oxygen atoms in total. The third-order valence-corrected chi connectivity index (χ3v) is 4.12. The fourth-order valence-electron chi connectivity index (χ4n) is 2.02. The van der Waals surface area contributed by atoms with Gasteiger partial charge >= 0.3 is 0 Å². The minimum absolute atomic E-state index is 0.0566. The fourth-order valence-corrected chi connectivity index (χ4v) is 2.62. The molecule has 0 saturated heterocycles. The van der Waals surface area contributed by atoms with Gasteiger partial charge in [0.25, 0.3) is 5.24 Å². The number of carbonyl (C=O) groups is 1. The van der Waals surface area contributed by atoms with Gasteiger partial charge < -0.3 is 9.64 Å². The molecule has 0 radical (unpaired) electrons. The van der Waals surface area contributed by atoms with Gasteiger partial charge in [0, 0.05) is 26.3 Å². The number of carbonyl (C=O) groups excluding carboxylic acids is 1. The summed E-state index contributed by atoms with van der Waals surface area (Å²) in [5, 5.41) is 0.0566. The molecule has 2 rings (SSSR count). The summed E-state index contributed by atoms with van der Waals surface area (Å²) in [6.07, 6.45) is 0.848. The Hall–Kier alpha value is -1.94. The summed E-state index contributed by atoms with van der Waals surface area (Å²) in [7, 11) is 3.51. The van der Waals surface area contributed by atoms with Crippen molar-refractivity contribution in [2.45, 2.75) is 6.42 Å². The molecule has 2 aromatic rings. The van der Waals surface area contributed by atoms with Crippen molar-refractivity contribution in [3.05, 3.63) is 65.7 Å². The molecule has 0 aliphatic carbocycles. The van der Waals surface area contributed by atoms with Crippen molar-refractivity contribution in [3.63, 3.8) is 0 Å². The summed E-state index contributed by atoms with van der Waals surface area (Å²) in [5.74, 6) is 1.54. The third kappa shape index (κ3) is 5.11. The van der Waals surface area contributed by atoms with Crippen LogP contribution in [-0.2, 0) is 6.42 Å². The lowest BCUT2D eigenvalue weighted by Gasteiger charge is -2.12. The summed E-state index contributed by atoms with van der Waals surface area (Å²) < 4.78 is 5.85. The number of para-hydroxylation sites is 1. The Kier molecular flexibility index (Phi) is 6.34. The fraction of sp³-hybridized carbons (Fsp3) is 0.278. The molecule has 0 atom stereocenters. The Morgan fingerprint density at radius 1 is 1.05 bits per heavy atom. The van der Waals surface area contributed by atoms with Gasteiger partial charge in [-0.15, -0.1) is 0 Å². The van der Waals surface area contributed by atoms with Crippen LogP contribution in [0, 0.1) is 0 Å². The van der Waals surface area contributed by atoms with E-state index in [1.807, 2.05) is 36.4 Å². The minimum atomic E-state index is 0.0566. The van der Waals surface area contributed by atoms with Crippen LogP contribution >= 0.6 is 11.8 Å². The minimum Gasteiger partial charge on any atom is -0.492 e. The molecule has 0 unspecified atom stereocenters. The molecule has 2 aromatic carbocycles. The van der Waals surface area contributed by atoms with Crippen molar-refractivity contribution in [2.24, 2.45) is 0 Å². The molecule has 0 spiro atoms. The van der Waals surface area contributed by atoms with E-state index in [1.54, 1.807) is 19.0 Å². The van der Waals surface area contributed by atoms with Gasteiger partial charge in [-0.1, -0.05) is 60.3 Å². The van der Waals surface area contributed by atoms with Gasteiger partial charge in [0.15, 0.2) is 0 Å². The average molecular weight is 315 g/mol. The van der Waals surface area contributed by atoms with Gasteiger partial charge in [-0.05, 0) is 17.2 Å². The third-order valence-electron chi connectivity index (χ3n) is 3.14. The topological polar surface area (TPSA) is 29.5 Å². The SMILES string of the molecule is CN(C)C(=O)SCCOc1ccccc1Cc1ccccc1. The normalized spacial score (nSPS) is 10.3. The zero-order valence-corrected chi connectivity index (χ0v) is 13.8. The molecule has 0 aliphatic heterocycles. The standard InChI is InChI=1S/C18H21NO2S/c1-19(2)18(20)22-13-12-21-17-11-7-6-10-16(17)14-15-8-4-3-5-9-15/h3-11H,12-14H2,1-2H3. The van der Waals surface area contributed by atoms with Gasteiger partial charge in [0.1, 0.15) is 5.75 Å². The number of hydrogen-bond donors (Lipinski definition) is 0. The highest BCUT2D eigenvalue weighted by Gasteiger charge is 2.06. The maximum atomic E-state index is 11.5. The molecule has 0 bridgehead atoms. The van der Waals surface area contributed by atoms with Gasteiger partial charge in [0.05, 0.1) is 6.61 Å². The highest BCUT2D eigenvalue weighted by Crippen LogP contribution is 2.21. The molecule has 116 valence electrons. The van der Waals surface area contributed by atoms with Gasteiger partial charge in [0.2, 0.25) is 0 Å². The first-order valence-electron chi connectivity index (χ1n) is 7.25. The van der Waals surface area contributed by atoms with Crippen LogP contribution < -0.4 is 4.74 Å². The molecule has 0 aliphatic rings. The number of rotatable bonds is 6. The molecule has 0 N–H and O–H groups in total. The number of nitrogens with zero attached hydrogens (tertiary/aromatic N) is 1. The number of thioether (sulfide) groups is 1. The Balaban J connectivity index is 1.90. The summed E-state index contributed by atoms with van der Waals surface area (Å²) in [6, 6.07) is 18.4. The van der Waals surface area contributed by atoms with Crippen LogP contribution in [-0.4, -0.2) is 36.6 Å². The first kappa shape index (κ1) is 16.4. The highest BCUT2D eigenvalue weighted by molar-refractivity contribution is 8.13. The maximum absolute atomic E-state index is 11.5. The lowest BCUT2D eigenvalue weighted by molar-refractivity contribution is 0.241. The number of ether oxygens (including phenoxy) is 1. The first-order chi connectivity index (χ1) is 10.7. The molecule has 22 heavy (non-hydrogen) atoms. The van der Waals surface area contributed by atoms with Crippen LogP contribution in [0.1, 0.15) is 11.1 Å². The van der Waals surface area contributed by atoms with E-state index in [1.165, 1.54) is 17.3 Å². The monoisotopic (exact) mass is 315 g/mol. The number of hydrogen-bond acceptors (Lipinski definition) is 3. The molecular formula is C18H21NO2S. The Morgan fingerprint density at radius 3 is 2.45 bits per heavy atom. The highest BCUT2D eigenvalue weighted by atomic mass is 32.2. The number of amides is 1. The molecule has 4 heteroatoms. The quantitative estimate of drug-likeness (QED) is 0.753. The van der Waals surface area contributed by atoms with Crippen molar-refractivity contribution in [2.75, 3.05) is 26.5 Å². The van der Waals surface area contributed by atoms with Crippen LogP contribution in [0.5, 0.6) is 5.75 Å². The maximum Gasteiger partial charge on any atom is 0.281 e. The van der Waals surface area contributed by atoms with Crippen LogP contribution in [0.3, 0.4) is 0 Å². The second-order valence-corrected chi connectivity index (χ2v) is 6.17. The van der Waals surface area contributed by atoms with Crippen LogP contribution in [0.2, 0.25) is 0 Å². The van der Waals surface area contributed by atoms with Crippen LogP contribution in [0.15, 0.2) is 54.6 Å². The molecular weight excluding hydrogens is 294 g/mol. The summed E-state index contributed by atoms with van der Waals surface area (Å²) in [4.78, 5) is 13.1. The van der Waals surface area contributed by atoms with Gasteiger partial charge in [-0.25, -0.2) is 0 Å². The van der Waals surface area contributed by atoms with E-state index in [9.17, 15) is 4.79 Å². The van der Waals surface area contributed by atoms with Crippen LogP contribution in [0.4, 0.5) is 4.79 Å². The second-order valence-electron chi connectivity index (χ2n) is 5.13. The van der Waals surface area contributed by atoms with Gasteiger partial charge in [-0.3, -0.25) is 4.79 Å². The van der Waals surface area contributed by atoms with E-state index in [4.69, 9.17) is 4.74 Å².